The second-order valence-electron chi connectivity index (χ2n) is 4.01. The van der Waals surface area contributed by atoms with Crippen molar-refractivity contribution in [2.24, 2.45) is 10.9 Å². The van der Waals surface area contributed by atoms with Gasteiger partial charge in [0.15, 0.2) is 0 Å². The zero-order chi connectivity index (χ0) is 10.1. The molecule has 1 atom stereocenters. The first-order chi connectivity index (χ1) is 7.43. The van der Waals surface area contributed by atoms with E-state index in [4.69, 9.17) is 9.15 Å². The largest absolute Gasteiger partial charge is 0.467 e. The van der Waals surface area contributed by atoms with E-state index in [1.807, 2.05) is 12.1 Å². The molecule has 1 unspecified atom stereocenters. The van der Waals surface area contributed by atoms with Crippen molar-refractivity contribution in [2.45, 2.75) is 18.9 Å². The Bertz CT molecular complexity index is 355. The topological polar surface area (TPSA) is 46.8 Å². The molecule has 0 spiro atoms. The van der Waals surface area contributed by atoms with E-state index in [1.54, 1.807) is 6.26 Å². The molecular formula is C11H14N2O2. The molecule has 3 rings (SSSR count). The molecule has 1 aliphatic carbocycles. The highest BCUT2D eigenvalue weighted by atomic mass is 16.5. The summed E-state index contributed by atoms with van der Waals surface area (Å²) in [5.41, 5.74) is 0. The minimum Gasteiger partial charge on any atom is -0.467 e. The summed E-state index contributed by atoms with van der Waals surface area (Å²) in [5.74, 6) is 1.65. The third kappa shape index (κ3) is 1.84. The number of rotatable bonds is 3. The van der Waals surface area contributed by atoms with Gasteiger partial charge in [-0.05, 0) is 30.9 Å². The van der Waals surface area contributed by atoms with Gasteiger partial charge in [0.05, 0.1) is 18.8 Å². The Balaban J connectivity index is 1.73. The number of aliphatic imine (C=N–C) groups is 1. The molecule has 0 bridgehead atoms. The van der Waals surface area contributed by atoms with Crippen molar-refractivity contribution in [3.05, 3.63) is 24.2 Å². The van der Waals surface area contributed by atoms with E-state index in [1.165, 1.54) is 12.8 Å². The molecule has 2 heterocycles. The van der Waals surface area contributed by atoms with Gasteiger partial charge in [0.25, 0.3) is 6.02 Å². The van der Waals surface area contributed by atoms with E-state index in [2.05, 4.69) is 10.3 Å². The Hall–Kier alpha value is -1.45. The highest BCUT2D eigenvalue weighted by Crippen LogP contribution is 2.41. The van der Waals surface area contributed by atoms with Crippen molar-refractivity contribution in [1.29, 1.82) is 0 Å². The van der Waals surface area contributed by atoms with Gasteiger partial charge in [-0.3, -0.25) is 0 Å². The first-order valence-corrected chi connectivity index (χ1v) is 5.40. The van der Waals surface area contributed by atoms with Gasteiger partial charge in [0.2, 0.25) is 0 Å². The molecule has 1 aromatic rings. The van der Waals surface area contributed by atoms with E-state index in [0.29, 0.717) is 18.5 Å². The van der Waals surface area contributed by atoms with Crippen LogP contribution in [-0.4, -0.2) is 19.2 Å². The molecule has 0 amide bonds. The average molecular weight is 206 g/mol. The molecule has 4 nitrogen and oxygen atoms in total. The van der Waals surface area contributed by atoms with Crippen LogP contribution in [0.25, 0.3) is 0 Å². The highest BCUT2D eigenvalue weighted by molar-refractivity contribution is 5.75. The third-order valence-electron chi connectivity index (χ3n) is 2.81. The average Bonchev–Trinajstić information content (AvgIpc) is 2.78. The summed E-state index contributed by atoms with van der Waals surface area (Å²) in [6.45, 7) is 1.45. The van der Waals surface area contributed by atoms with Gasteiger partial charge in [-0.25, -0.2) is 4.99 Å². The smallest absolute Gasteiger partial charge is 0.285 e. The van der Waals surface area contributed by atoms with Crippen LogP contribution in [-0.2, 0) is 4.74 Å². The molecule has 0 radical (unpaired) electrons. The van der Waals surface area contributed by atoms with Crippen molar-refractivity contribution >= 4 is 6.02 Å². The second kappa shape index (κ2) is 3.61. The number of nitrogens with zero attached hydrogens (tertiary/aromatic N) is 1. The molecule has 1 N–H and O–H groups in total. The fraction of sp³-hybridized carbons (Fsp3) is 0.545. The van der Waals surface area contributed by atoms with Crippen LogP contribution in [0.1, 0.15) is 24.6 Å². The molecule has 2 aliphatic rings. The predicted molar refractivity (Wildman–Crippen MR) is 55.6 cm³/mol. The van der Waals surface area contributed by atoms with Crippen LogP contribution in [0.5, 0.6) is 0 Å². The van der Waals surface area contributed by atoms with Crippen LogP contribution in [0.3, 0.4) is 0 Å². The van der Waals surface area contributed by atoms with Gasteiger partial charge in [0.1, 0.15) is 12.4 Å². The maximum Gasteiger partial charge on any atom is 0.285 e. The van der Waals surface area contributed by atoms with Crippen LogP contribution in [0, 0.1) is 5.92 Å². The van der Waals surface area contributed by atoms with E-state index in [-0.39, 0.29) is 6.04 Å². The van der Waals surface area contributed by atoms with E-state index in [0.717, 1.165) is 12.3 Å². The van der Waals surface area contributed by atoms with Crippen LogP contribution in [0.2, 0.25) is 0 Å². The number of hydrogen-bond acceptors (Lipinski definition) is 4. The zero-order valence-electron chi connectivity index (χ0n) is 8.48. The molecule has 80 valence electrons. The summed E-state index contributed by atoms with van der Waals surface area (Å²) in [6, 6.07) is 4.83. The molecular weight excluding hydrogens is 192 g/mol. The van der Waals surface area contributed by atoms with Crippen molar-refractivity contribution in [3.8, 4) is 0 Å². The lowest BCUT2D eigenvalue weighted by molar-refractivity contribution is 0.313. The maximum absolute atomic E-state index is 5.43. The predicted octanol–water partition coefficient (Wildman–Crippen LogP) is 1.71. The fourth-order valence-corrected chi connectivity index (χ4v) is 1.87. The van der Waals surface area contributed by atoms with Crippen LogP contribution in [0.4, 0.5) is 0 Å². The van der Waals surface area contributed by atoms with Crippen molar-refractivity contribution < 1.29 is 9.15 Å². The van der Waals surface area contributed by atoms with Gasteiger partial charge < -0.3 is 14.5 Å². The van der Waals surface area contributed by atoms with Crippen molar-refractivity contribution in [3.63, 3.8) is 0 Å². The summed E-state index contributed by atoms with van der Waals surface area (Å²) in [5, 5.41) is 3.31. The van der Waals surface area contributed by atoms with Gasteiger partial charge in [0, 0.05) is 0 Å². The number of ether oxygens (including phenoxy) is 1. The Labute approximate surface area is 88.3 Å². The molecule has 1 fully saturated rings. The molecule has 15 heavy (non-hydrogen) atoms. The van der Waals surface area contributed by atoms with E-state index in [9.17, 15) is 0 Å². The lowest BCUT2D eigenvalue weighted by atomic mass is 10.1. The molecule has 4 heteroatoms. The molecule has 1 saturated carbocycles. The first-order valence-electron chi connectivity index (χ1n) is 5.40. The van der Waals surface area contributed by atoms with Crippen LogP contribution >= 0.6 is 0 Å². The Morgan fingerprint density at radius 1 is 1.47 bits per heavy atom. The second-order valence-corrected chi connectivity index (χ2v) is 4.01. The van der Waals surface area contributed by atoms with E-state index < -0.39 is 0 Å². The van der Waals surface area contributed by atoms with Gasteiger partial charge in [-0.2, -0.15) is 0 Å². The van der Waals surface area contributed by atoms with Crippen molar-refractivity contribution in [1.82, 2.24) is 5.32 Å². The highest BCUT2D eigenvalue weighted by Gasteiger charge is 2.35. The Morgan fingerprint density at radius 3 is 3.00 bits per heavy atom. The molecule has 1 aromatic heterocycles. The summed E-state index contributed by atoms with van der Waals surface area (Å²) < 4.78 is 10.8. The number of furan rings is 1. The number of nitrogens with one attached hydrogen (secondary N) is 1. The van der Waals surface area contributed by atoms with Gasteiger partial charge in [-0.1, -0.05) is 0 Å². The summed E-state index contributed by atoms with van der Waals surface area (Å²) >= 11 is 0. The lowest BCUT2D eigenvalue weighted by Crippen LogP contribution is -2.29. The van der Waals surface area contributed by atoms with Crippen LogP contribution < -0.4 is 5.32 Å². The quantitative estimate of drug-likeness (QED) is 0.818. The fourth-order valence-electron chi connectivity index (χ4n) is 1.87. The molecule has 1 aliphatic heterocycles. The monoisotopic (exact) mass is 206 g/mol. The minimum absolute atomic E-state index is 0.233. The van der Waals surface area contributed by atoms with Crippen molar-refractivity contribution in [2.75, 3.05) is 13.2 Å². The zero-order valence-corrected chi connectivity index (χ0v) is 8.48. The standard InChI is InChI=1S/C11H14N2O2/c1-2-9(14-6-1)10(8-3-4-8)13-11-12-5-7-15-11/h1-2,6,8,10H,3-5,7H2,(H,12,13). The van der Waals surface area contributed by atoms with E-state index >= 15 is 0 Å². The summed E-state index contributed by atoms with van der Waals surface area (Å²) in [7, 11) is 0. The number of amidine groups is 1. The first kappa shape index (κ1) is 8.83. The minimum atomic E-state index is 0.233. The third-order valence-corrected chi connectivity index (χ3v) is 2.81. The van der Waals surface area contributed by atoms with Gasteiger partial charge >= 0.3 is 0 Å². The SMILES string of the molecule is c1coc(C(NC2=NCCO2)C2CC2)c1. The molecule has 0 saturated heterocycles. The van der Waals surface area contributed by atoms with Gasteiger partial charge in [-0.15, -0.1) is 0 Å². The Morgan fingerprint density at radius 2 is 2.40 bits per heavy atom. The maximum atomic E-state index is 5.43. The molecule has 0 aromatic carbocycles. The normalized spacial score (nSPS) is 22.0. The lowest BCUT2D eigenvalue weighted by Gasteiger charge is -2.16. The summed E-state index contributed by atoms with van der Waals surface area (Å²) in [6.07, 6.45) is 4.22. The number of hydrogen-bond donors (Lipinski definition) is 1. The van der Waals surface area contributed by atoms with Crippen LogP contribution in [0.15, 0.2) is 27.8 Å². The Kier molecular flexibility index (Phi) is 2.12. The summed E-state index contributed by atoms with van der Waals surface area (Å²) in [4.78, 5) is 4.24.